The fourth-order valence-electron chi connectivity index (χ4n) is 1.30. The predicted octanol–water partition coefficient (Wildman–Crippen LogP) is 2.30. The molecule has 4 heteroatoms. The van der Waals surface area contributed by atoms with Crippen LogP contribution >= 0.6 is 0 Å². The first-order valence-electron chi connectivity index (χ1n) is 5.70. The summed E-state index contributed by atoms with van der Waals surface area (Å²) in [5.41, 5.74) is 0. The summed E-state index contributed by atoms with van der Waals surface area (Å²) in [6.07, 6.45) is 0.152. The zero-order valence-electron chi connectivity index (χ0n) is 11.0. The maximum atomic E-state index is 6.30. The number of ether oxygens (including phenoxy) is 1. The molecule has 0 aromatic heterocycles. The number of hydrogen-bond donors (Lipinski definition) is 0. The van der Waals surface area contributed by atoms with Crippen molar-refractivity contribution in [3.8, 4) is 0 Å². The second-order valence-electron chi connectivity index (χ2n) is 5.89. The Morgan fingerprint density at radius 2 is 1.93 bits per heavy atom. The maximum Gasteiger partial charge on any atom is 0.194 e. The SMILES string of the molecule is CN1CCOC[C@@H]1O[Si](C)(C)C(C)(C)C. The van der Waals surface area contributed by atoms with Crippen molar-refractivity contribution in [2.75, 3.05) is 26.8 Å². The van der Waals surface area contributed by atoms with Gasteiger partial charge in [0.2, 0.25) is 0 Å². The van der Waals surface area contributed by atoms with E-state index in [0.717, 1.165) is 13.2 Å². The lowest BCUT2D eigenvalue weighted by molar-refractivity contribution is -0.0856. The summed E-state index contributed by atoms with van der Waals surface area (Å²) in [4.78, 5) is 2.25. The Labute approximate surface area is 94.9 Å². The smallest absolute Gasteiger partial charge is 0.194 e. The van der Waals surface area contributed by atoms with E-state index < -0.39 is 8.32 Å². The lowest BCUT2D eigenvalue weighted by Gasteiger charge is -2.43. The van der Waals surface area contributed by atoms with Gasteiger partial charge in [0.1, 0.15) is 6.23 Å². The summed E-state index contributed by atoms with van der Waals surface area (Å²) < 4.78 is 11.8. The average molecular weight is 231 g/mol. The highest BCUT2D eigenvalue weighted by Crippen LogP contribution is 2.37. The van der Waals surface area contributed by atoms with E-state index in [1.807, 2.05) is 0 Å². The summed E-state index contributed by atoms with van der Waals surface area (Å²) in [7, 11) is 0.456. The summed E-state index contributed by atoms with van der Waals surface area (Å²) in [6.45, 7) is 13.9. The number of morpholine rings is 1. The highest BCUT2D eigenvalue weighted by molar-refractivity contribution is 6.74. The standard InChI is InChI=1S/C11H25NO2Si/c1-11(2,3)15(5,6)14-10-9-13-8-7-12(10)4/h10H,7-9H2,1-6H3/t10-/m0/s1. The van der Waals surface area contributed by atoms with Crippen molar-refractivity contribution in [3.05, 3.63) is 0 Å². The van der Waals surface area contributed by atoms with Gasteiger partial charge in [0.15, 0.2) is 8.32 Å². The van der Waals surface area contributed by atoms with Gasteiger partial charge in [-0.05, 0) is 25.2 Å². The molecule has 0 N–H and O–H groups in total. The van der Waals surface area contributed by atoms with Crippen molar-refractivity contribution < 1.29 is 9.16 Å². The molecule has 0 aromatic carbocycles. The molecule has 0 unspecified atom stereocenters. The van der Waals surface area contributed by atoms with E-state index in [-0.39, 0.29) is 11.3 Å². The van der Waals surface area contributed by atoms with Crippen LogP contribution in [0.5, 0.6) is 0 Å². The Balaban J connectivity index is 2.59. The van der Waals surface area contributed by atoms with Gasteiger partial charge in [0, 0.05) is 6.54 Å². The van der Waals surface area contributed by atoms with Crippen molar-refractivity contribution in [2.24, 2.45) is 0 Å². The van der Waals surface area contributed by atoms with Crippen LogP contribution < -0.4 is 0 Å². The Kier molecular flexibility index (Phi) is 3.98. The largest absolute Gasteiger partial charge is 0.399 e. The minimum Gasteiger partial charge on any atom is -0.399 e. The minimum absolute atomic E-state index is 0.152. The fourth-order valence-corrected chi connectivity index (χ4v) is 2.59. The predicted molar refractivity (Wildman–Crippen MR) is 65.5 cm³/mol. The molecule has 0 bridgehead atoms. The molecular weight excluding hydrogens is 206 g/mol. The van der Waals surface area contributed by atoms with Crippen LogP contribution in [0.1, 0.15) is 20.8 Å². The molecule has 0 saturated carbocycles. The monoisotopic (exact) mass is 231 g/mol. The minimum atomic E-state index is -1.66. The molecule has 0 aliphatic carbocycles. The van der Waals surface area contributed by atoms with Crippen molar-refractivity contribution in [3.63, 3.8) is 0 Å². The molecule has 1 rings (SSSR count). The lowest BCUT2D eigenvalue weighted by atomic mass is 10.2. The van der Waals surface area contributed by atoms with Crippen molar-refractivity contribution in [1.29, 1.82) is 0 Å². The highest BCUT2D eigenvalue weighted by atomic mass is 28.4. The molecular formula is C11H25NO2Si. The first kappa shape index (κ1) is 13.2. The third-order valence-corrected chi connectivity index (χ3v) is 8.05. The lowest BCUT2D eigenvalue weighted by Crippen LogP contribution is -2.52. The third-order valence-electron chi connectivity index (χ3n) is 3.58. The van der Waals surface area contributed by atoms with Crippen LogP contribution in [0.3, 0.4) is 0 Å². The Morgan fingerprint density at radius 1 is 1.33 bits per heavy atom. The molecule has 0 radical (unpaired) electrons. The zero-order valence-corrected chi connectivity index (χ0v) is 12.0. The number of rotatable bonds is 2. The molecule has 90 valence electrons. The Bertz CT molecular complexity index is 213. The summed E-state index contributed by atoms with van der Waals surface area (Å²) in [5, 5.41) is 0.269. The molecule has 1 saturated heterocycles. The van der Waals surface area contributed by atoms with Crippen LogP contribution in [0.25, 0.3) is 0 Å². The summed E-state index contributed by atoms with van der Waals surface area (Å²) in [5.74, 6) is 0. The van der Waals surface area contributed by atoms with E-state index in [9.17, 15) is 0 Å². The van der Waals surface area contributed by atoms with E-state index in [1.165, 1.54) is 0 Å². The van der Waals surface area contributed by atoms with E-state index in [0.29, 0.717) is 6.61 Å². The molecule has 3 nitrogen and oxygen atoms in total. The molecule has 1 aliphatic heterocycles. The molecule has 0 aromatic rings. The maximum absolute atomic E-state index is 6.30. The van der Waals surface area contributed by atoms with Crippen LogP contribution in [-0.4, -0.2) is 46.3 Å². The van der Waals surface area contributed by atoms with Gasteiger partial charge in [-0.25, -0.2) is 0 Å². The van der Waals surface area contributed by atoms with Gasteiger partial charge in [-0.2, -0.15) is 0 Å². The Morgan fingerprint density at radius 3 is 2.40 bits per heavy atom. The van der Waals surface area contributed by atoms with Gasteiger partial charge in [0.05, 0.1) is 13.2 Å². The molecule has 1 aliphatic rings. The van der Waals surface area contributed by atoms with Crippen LogP contribution in [0, 0.1) is 0 Å². The molecule has 1 fully saturated rings. The third kappa shape index (κ3) is 3.28. The van der Waals surface area contributed by atoms with Gasteiger partial charge < -0.3 is 9.16 Å². The number of hydrogen-bond acceptors (Lipinski definition) is 3. The molecule has 1 heterocycles. The van der Waals surface area contributed by atoms with E-state index in [4.69, 9.17) is 9.16 Å². The van der Waals surface area contributed by atoms with Crippen LogP contribution in [0.4, 0.5) is 0 Å². The van der Waals surface area contributed by atoms with E-state index in [1.54, 1.807) is 0 Å². The zero-order chi connectivity index (χ0) is 11.7. The summed E-state index contributed by atoms with van der Waals surface area (Å²) >= 11 is 0. The van der Waals surface area contributed by atoms with E-state index >= 15 is 0 Å². The average Bonchev–Trinajstić information content (AvgIpc) is 2.06. The van der Waals surface area contributed by atoms with Gasteiger partial charge in [-0.15, -0.1) is 0 Å². The van der Waals surface area contributed by atoms with Crippen molar-refractivity contribution in [2.45, 2.75) is 45.1 Å². The molecule has 0 amide bonds. The highest BCUT2D eigenvalue weighted by Gasteiger charge is 2.40. The fraction of sp³-hybridized carbons (Fsp3) is 1.00. The second kappa shape index (κ2) is 4.53. The first-order valence-corrected chi connectivity index (χ1v) is 8.61. The Hall–Kier alpha value is 0.0969. The normalized spacial score (nSPS) is 25.6. The second-order valence-corrected chi connectivity index (χ2v) is 10.6. The van der Waals surface area contributed by atoms with Crippen molar-refractivity contribution >= 4 is 8.32 Å². The number of nitrogens with zero attached hydrogens (tertiary/aromatic N) is 1. The van der Waals surface area contributed by atoms with E-state index in [2.05, 4.69) is 45.8 Å². The topological polar surface area (TPSA) is 21.7 Å². The molecule has 1 atom stereocenters. The van der Waals surface area contributed by atoms with Gasteiger partial charge in [-0.3, -0.25) is 4.90 Å². The summed E-state index contributed by atoms with van der Waals surface area (Å²) in [6, 6.07) is 0. The van der Waals surface area contributed by atoms with Crippen molar-refractivity contribution in [1.82, 2.24) is 4.90 Å². The van der Waals surface area contributed by atoms with Gasteiger partial charge in [0.25, 0.3) is 0 Å². The van der Waals surface area contributed by atoms with Crippen LogP contribution in [-0.2, 0) is 9.16 Å². The molecule has 15 heavy (non-hydrogen) atoms. The number of likely N-dealkylation sites (N-methyl/N-ethyl adjacent to an activating group) is 1. The quantitative estimate of drug-likeness (QED) is 0.681. The first-order chi connectivity index (χ1) is 6.74. The van der Waals surface area contributed by atoms with Crippen LogP contribution in [0.15, 0.2) is 0 Å². The molecule has 0 spiro atoms. The van der Waals surface area contributed by atoms with Gasteiger partial charge in [-0.1, -0.05) is 20.8 Å². The van der Waals surface area contributed by atoms with Crippen LogP contribution in [0.2, 0.25) is 18.1 Å². The van der Waals surface area contributed by atoms with Gasteiger partial charge >= 0.3 is 0 Å².